The minimum absolute atomic E-state index is 0. The molecule has 3 rings (SSSR count). The molecule has 0 aromatic heterocycles. The number of allylic oxidation sites excluding steroid dienone is 1. The van der Waals surface area contributed by atoms with Gasteiger partial charge in [-0.3, -0.25) is 0 Å². The summed E-state index contributed by atoms with van der Waals surface area (Å²) in [6, 6.07) is 0. The van der Waals surface area contributed by atoms with Crippen molar-refractivity contribution >= 4 is 7.49 Å². The Bertz CT molecular complexity index is 283. The molecule has 3 heteroatoms. The van der Waals surface area contributed by atoms with Crippen LogP contribution in [0.1, 0.15) is 96.3 Å². The largest absolute Gasteiger partial charge is 0 e. The first kappa shape index (κ1) is 22.7. The van der Waals surface area contributed by atoms with E-state index in [1.807, 2.05) is 0 Å². The van der Waals surface area contributed by atoms with Gasteiger partial charge in [-0.2, -0.15) is 0 Å². The van der Waals surface area contributed by atoms with Gasteiger partial charge in [0, 0.05) is 20.4 Å². The van der Waals surface area contributed by atoms with E-state index in [0.717, 1.165) is 17.0 Å². The average Bonchev–Trinajstić information content (AvgIpc) is 2.64. The van der Waals surface area contributed by atoms with Gasteiger partial charge in [0.1, 0.15) is 0 Å². The van der Waals surface area contributed by atoms with Gasteiger partial charge in [0.05, 0.1) is 0 Å². The van der Waals surface area contributed by atoms with Gasteiger partial charge in [0.25, 0.3) is 0 Å². The van der Waals surface area contributed by atoms with Gasteiger partial charge in [-0.05, 0) is 0 Å². The van der Waals surface area contributed by atoms with E-state index in [-0.39, 0.29) is 20.4 Å². The Morgan fingerprint density at radius 2 is 0.875 bits per heavy atom. The van der Waals surface area contributed by atoms with Crippen molar-refractivity contribution in [2.45, 2.75) is 113 Å². The van der Waals surface area contributed by atoms with Crippen molar-refractivity contribution in [2.24, 2.45) is 0 Å². The van der Waals surface area contributed by atoms with E-state index in [9.17, 15) is 4.89 Å². The summed E-state index contributed by atoms with van der Waals surface area (Å²) in [5.74, 6) is 0. The summed E-state index contributed by atoms with van der Waals surface area (Å²) in [7, 11) is -2.05. The quantitative estimate of drug-likeness (QED) is 0.293. The van der Waals surface area contributed by atoms with Gasteiger partial charge in [0.15, 0.2) is 0 Å². The van der Waals surface area contributed by atoms with Gasteiger partial charge >= 0.3 is 126 Å². The van der Waals surface area contributed by atoms with Crippen LogP contribution in [0.25, 0.3) is 0 Å². The van der Waals surface area contributed by atoms with E-state index in [4.69, 9.17) is 0 Å². The summed E-state index contributed by atoms with van der Waals surface area (Å²) in [6.45, 7) is 6.50. The van der Waals surface area contributed by atoms with Gasteiger partial charge < -0.3 is 0 Å². The SMILES string of the molecule is C=C[CH2-].O[PH](C1CCCCC1)(C1CCCCC1)C1CCCCC1.[Pd]. The van der Waals surface area contributed by atoms with Crippen LogP contribution in [0.5, 0.6) is 0 Å². The third-order valence-electron chi connectivity index (χ3n) is 6.78. The minimum Gasteiger partial charge on any atom is 0 e. The first-order valence-electron chi connectivity index (χ1n) is 10.4. The molecule has 146 valence electrons. The van der Waals surface area contributed by atoms with Gasteiger partial charge in [-0.1, -0.05) is 0 Å². The smallest absolute Gasteiger partial charge is 0 e. The molecule has 0 spiro atoms. The number of hydrogen-bond donors (Lipinski definition) is 1. The van der Waals surface area contributed by atoms with Crippen LogP contribution in [0.2, 0.25) is 0 Å². The fourth-order valence-electron chi connectivity index (χ4n) is 5.70. The number of hydrogen-bond acceptors (Lipinski definition) is 1. The molecule has 3 saturated carbocycles. The van der Waals surface area contributed by atoms with Crippen LogP contribution in [0.3, 0.4) is 0 Å². The molecular formula is C21H40OPPd-. The topological polar surface area (TPSA) is 20.2 Å². The maximum Gasteiger partial charge on any atom is 0 e. The van der Waals surface area contributed by atoms with Crippen molar-refractivity contribution in [3.8, 4) is 0 Å². The Balaban J connectivity index is 0.000000671. The molecule has 0 aliphatic heterocycles. The minimum atomic E-state index is -2.05. The fraction of sp³-hybridized carbons (Fsp3) is 0.857. The van der Waals surface area contributed by atoms with Crippen LogP contribution in [-0.2, 0) is 20.4 Å². The second kappa shape index (κ2) is 12.1. The first-order valence-corrected chi connectivity index (χ1v) is 12.5. The third kappa shape index (κ3) is 5.84. The zero-order valence-corrected chi connectivity index (χ0v) is 18.1. The zero-order valence-electron chi connectivity index (χ0n) is 15.6. The summed E-state index contributed by atoms with van der Waals surface area (Å²) < 4.78 is 0. The van der Waals surface area contributed by atoms with Crippen molar-refractivity contribution in [1.82, 2.24) is 0 Å². The summed E-state index contributed by atoms with van der Waals surface area (Å²) in [4.78, 5) is 12.0. The Labute approximate surface area is 165 Å². The van der Waals surface area contributed by atoms with Crippen LogP contribution in [0, 0.1) is 6.92 Å². The summed E-state index contributed by atoms with van der Waals surface area (Å²) in [5.41, 5.74) is 2.30. The molecule has 3 aliphatic carbocycles. The zero-order chi connectivity index (χ0) is 16.5. The summed E-state index contributed by atoms with van der Waals surface area (Å²) >= 11 is 0. The molecule has 3 fully saturated rings. The summed E-state index contributed by atoms with van der Waals surface area (Å²) in [6.07, 6.45) is 22.4. The predicted molar refractivity (Wildman–Crippen MR) is 107 cm³/mol. The molecule has 0 radical (unpaired) electrons. The van der Waals surface area contributed by atoms with Crippen molar-refractivity contribution in [2.75, 3.05) is 0 Å². The van der Waals surface area contributed by atoms with Crippen LogP contribution < -0.4 is 0 Å². The molecule has 24 heavy (non-hydrogen) atoms. The Kier molecular flexibility index (Phi) is 11.5. The fourth-order valence-corrected chi connectivity index (χ4v) is 11.7. The van der Waals surface area contributed by atoms with Gasteiger partial charge in [0.2, 0.25) is 0 Å². The second-order valence-electron chi connectivity index (χ2n) is 8.18. The molecule has 1 nitrogen and oxygen atoms in total. The standard InChI is InChI=1S/C18H35OP.C3H5.Pd/c19-20(16-10-4-1-5-11-16,17-12-6-2-7-13-17)18-14-8-3-9-15-18;1-3-2;/h16-20H,1-15H2;3H,1-2H2;/q;-1;. The Hall–Kier alpha value is 0.662. The number of rotatable bonds is 3. The average molecular weight is 446 g/mol. The molecule has 0 aromatic rings. The monoisotopic (exact) mass is 445 g/mol. The summed E-state index contributed by atoms with van der Waals surface area (Å²) in [5, 5.41) is 0. The van der Waals surface area contributed by atoms with E-state index < -0.39 is 7.49 Å². The van der Waals surface area contributed by atoms with E-state index in [1.54, 1.807) is 0 Å². The molecular weight excluding hydrogens is 406 g/mol. The van der Waals surface area contributed by atoms with Crippen LogP contribution in [0.15, 0.2) is 12.7 Å². The van der Waals surface area contributed by atoms with Gasteiger partial charge in [-0.25, -0.2) is 19.6 Å². The molecule has 3 aliphatic rings. The maximum atomic E-state index is 12.0. The van der Waals surface area contributed by atoms with Crippen LogP contribution in [0.4, 0.5) is 0 Å². The Morgan fingerprint density at radius 1 is 0.667 bits per heavy atom. The van der Waals surface area contributed by atoms with E-state index in [2.05, 4.69) is 13.5 Å². The normalized spacial score (nSPS) is 25.0. The van der Waals surface area contributed by atoms with Crippen molar-refractivity contribution in [3.05, 3.63) is 19.6 Å². The first-order chi connectivity index (χ1) is 11.2. The second-order valence-corrected chi connectivity index (χ2v) is 12.4. The molecule has 0 heterocycles. The van der Waals surface area contributed by atoms with E-state index in [0.29, 0.717) is 0 Å². The molecule has 0 bridgehead atoms. The predicted octanol–water partition coefficient (Wildman–Crippen LogP) is 6.65. The van der Waals surface area contributed by atoms with Crippen molar-refractivity contribution < 1.29 is 25.3 Å². The third-order valence-corrected chi connectivity index (χ3v) is 12.4. The van der Waals surface area contributed by atoms with Crippen molar-refractivity contribution in [1.29, 1.82) is 0 Å². The molecule has 0 unspecified atom stereocenters. The molecule has 1 N–H and O–H groups in total. The Morgan fingerprint density at radius 3 is 1.08 bits per heavy atom. The van der Waals surface area contributed by atoms with E-state index >= 15 is 0 Å². The molecule has 0 amide bonds. The molecule has 0 aromatic carbocycles. The maximum absolute atomic E-state index is 12.0. The van der Waals surface area contributed by atoms with Crippen LogP contribution >= 0.6 is 7.49 Å². The van der Waals surface area contributed by atoms with Crippen molar-refractivity contribution in [3.63, 3.8) is 0 Å². The molecule has 0 saturated heterocycles. The molecule has 0 atom stereocenters. The van der Waals surface area contributed by atoms with Crippen LogP contribution in [-0.4, -0.2) is 21.9 Å². The van der Waals surface area contributed by atoms with Gasteiger partial charge in [-0.15, -0.1) is 0 Å². The van der Waals surface area contributed by atoms with E-state index in [1.165, 1.54) is 102 Å².